The fourth-order valence-corrected chi connectivity index (χ4v) is 8.42. The van der Waals surface area contributed by atoms with Gasteiger partial charge in [-0.3, -0.25) is 9.59 Å². The maximum Gasteiger partial charge on any atom is 0.407 e. The lowest BCUT2D eigenvalue weighted by atomic mass is 9.82. The second-order valence-electron chi connectivity index (χ2n) is 18.5. The van der Waals surface area contributed by atoms with Gasteiger partial charge in [0, 0.05) is 37.5 Å². The van der Waals surface area contributed by atoms with Crippen LogP contribution in [0.25, 0.3) is 0 Å². The number of esters is 1. The van der Waals surface area contributed by atoms with Crippen molar-refractivity contribution in [2.45, 2.75) is 177 Å². The topological polar surface area (TPSA) is 332 Å². The lowest BCUT2D eigenvalue weighted by Gasteiger charge is -2.45. The van der Waals surface area contributed by atoms with E-state index in [1.807, 2.05) is 13.0 Å². The van der Waals surface area contributed by atoms with Gasteiger partial charge in [0.15, 0.2) is 12.1 Å². The van der Waals surface area contributed by atoms with Crippen molar-refractivity contribution in [2.75, 3.05) is 6.61 Å². The Bertz CT molecular complexity index is 1870. The van der Waals surface area contributed by atoms with Crippen LogP contribution in [0.15, 0.2) is 97.7 Å². The van der Waals surface area contributed by atoms with Gasteiger partial charge >= 0.3 is 18.0 Å². The number of ether oxygens (including phenoxy) is 5. The van der Waals surface area contributed by atoms with E-state index in [0.29, 0.717) is 0 Å². The van der Waals surface area contributed by atoms with Gasteiger partial charge in [-0.2, -0.15) is 0 Å². The molecule has 19 atom stereocenters. The summed E-state index contributed by atoms with van der Waals surface area (Å²) in [6.45, 7) is 9.97. The zero-order chi connectivity index (χ0) is 52.8. The lowest BCUT2D eigenvalue weighted by Crippen LogP contribution is -2.64. The molecule has 0 spiro atoms. The van der Waals surface area contributed by atoms with E-state index in [2.05, 4.69) is 11.9 Å². The molecule has 3 aliphatic rings. The fourth-order valence-electron chi connectivity index (χ4n) is 8.42. The van der Waals surface area contributed by atoms with Crippen molar-refractivity contribution >= 4 is 18.0 Å². The van der Waals surface area contributed by atoms with Crippen LogP contribution in [0.5, 0.6) is 0 Å². The number of hydrogen-bond acceptors (Lipinski definition) is 18. The minimum absolute atomic E-state index is 0.127. The van der Waals surface area contributed by atoms with Crippen molar-refractivity contribution in [1.82, 2.24) is 5.32 Å². The molecule has 0 aromatic rings. The van der Waals surface area contributed by atoms with E-state index in [-0.39, 0.29) is 31.8 Å². The van der Waals surface area contributed by atoms with Crippen LogP contribution in [0.1, 0.15) is 79.1 Å². The van der Waals surface area contributed by atoms with Crippen LogP contribution in [0, 0.1) is 17.8 Å². The van der Waals surface area contributed by atoms with E-state index in [1.54, 1.807) is 80.7 Å². The van der Waals surface area contributed by atoms with E-state index in [9.17, 15) is 70.6 Å². The van der Waals surface area contributed by atoms with Crippen LogP contribution in [0.3, 0.4) is 0 Å². The number of hydrogen-bond donors (Lipinski definition) is 12. The molecule has 3 rings (SSSR count). The molecule has 3 aliphatic heterocycles. The number of carbonyl (C=O) groups is 3. The number of carboxylic acids is 1. The summed E-state index contributed by atoms with van der Waals surface area (Å²) in [5, 5.41) is 122. The highest BCUT2D eigenvalue weighted by Crippen LogP contribution is 2.38. The summed E-state index contributed by atoms with van der Waals surface area (Å²) >= 11 is 0. The zero-order valence-corrected chi connectivity index (χ0v) is 40.8. The number of fused-ring (bicyclic) bond motifs is 2. The molecular weight excluding hydrogens is 931 g/mol. The molecule has 400 valence electrons. The van der Waals surface area contributed by atoms with Gasteiger partial charge in [0.05, 0.1) is 73.5 Å². The van der Waals surface area contributed by atoms with Crippen LogP contribution in [-0.4, -0.2) is 178 Å². The molecule has 0 unspecified atom stereocenters. The average molecular weight is 1010 g/mol. The van der Waals surface area contributed by atoms with Crippen LogP contribution in [0.2, 0.25) is 0 Å². The van der Waals surface area contributed by atoms with E-state index in [4.69, 9.17) is 23.7 Å². The number of nitrogens with one attached hydrogen (secondary N) is 1. The predicted molar refractivity (Wildman–Crippen MR) is 257 cm³/mol. The SMILES string of the molecule is C=CCOC(=O)N[C@@H]1[C@H](O)[C@H](O[C@H]2/C=C/C=C/C=C/C=C/C=C/C=C/C=C/[C@H](C)[C@@H](O)[C@@H](C)[C@H](C)OC(=O)C[C@H](O)C[C@H](O)CC[C@@H](O)[C@H](O)C[C@H](O)C[C@]3(O)C[C@H](O)[C@@H](C(=O)O)[C@H](C2)O3)O[C@H](C)[C@H]1O. The smallest absolute Gasteiger partial charge is 0.407 e. The normalized spacial score (nSPS) is 42.4. The summed E-state index contributed by atoms with van der Waals surface area (Å²) < 4.78 is 28.3. The van der Waals surface area contributed by atoms with Gasteiger partial charge in [-0.15, -0.1) is 0 Å². The first kappa shape index (κ1) is 60.9. The Labute approximate surface area is 415 Å². The number of rotatable bonds is 6. The van der Waals surface area contributed by atoms with Crippen molar-refractivity contribution < 1.29 is 94.2 Å². The van der Waals surface area contributed by atoms with Gasteiger partial charge < -0.3 is 85.2 Å². The van der Waals surface area contributed by atoms with E-state index < -0.39 is 159 Å². The minimum Gasteiger partial charge on any atom is -0.481 e. The molecule has 1 amide bonds. The molecule has 2 bridgehead atoms. The molecule has 3 heterocycles. The summed E-state index contributed by atoms with van der Waals surface area (Å²) in [5.74, 6) is -7.03. The zero-order valence-electron chi connectivity index (χ0n) is 40.8. The molecule has 12 N–H and O–H groups in total. The lowest BCUT2D eigenvalue weighted by molar-refractivity contribution is -0.309. The summed E-state index contributed by atoms with van der Waals surface area (Å²) in [5.41, 5.74) is 0. The van der Waals surface area contributed by atoms with Gasteiger partial charge in [-0.25, -0.2) is 4.79 Å². The number of carbonyl (C=O) groups excluding carboxylic acids is 2. The molecule has 20 nitrogen and oxygen atoms in total. The van der Waals surface area contributed by atoms with Crippen LogP contribution < -0.4 is 5.32 Å². The average Bonchev–Trinajstić information content (AvgIpc) is 3.28. The number of allylic oxidation sites excluding steroid dienone is 12. The second kappa shape index (κ2) is 30.6. The van der Waals surface area contributed by atoms with Gasteiger partial charge in [-0.1, -0.05) is 112 Å². The third kappa shape index (κ3) is 20.9. The fraction of sp³-hybridized carbons (Fsp3) is 0.627. The third-order valence-corrected chi connectivity index (χ3v) is 12.6. The standard InChI is InChI=1S/C51H77NO19/c1-6-23-67-50(65)52-44-46(61)33(5)69-49(47(44)62)70-37-20-18-16-14-12-10-8-7-9-11-13-15-17-19-30(2)45(60)31(3)32(4)68-42(59)26-35(54)24-34(53)21-22-38(56)39(57)25-36(55)28-51(66)29-40(58)43(48(63)64)41(27-37)71-51/h6-20,30-41,43-47,49,53-58,60-62,66H,1,21-29H2,2-5H3,(H,52,65)(H,63,64)/b8-7+,11-9+,12-10+,15-13+,16-14+,19-17+,20-18+/t30-,31-,32-,33+,34+,35+,36-,37-,38+,39+,40-,41-,43+,44-,45+,46+,47-,49-,51+/m0/s1. The minimum atomic E-state index is -2.38. The van der Waals surface area contributed by atoms with Crippen LogP contribution >= 0.6 is 0 Å². The van der Waals surface area contributed by atoms with Crippen molar-refractivity contribution in [2.24, 2.45) is 17.8 Å². The van der Waals surface area contributed by atoms with Crippen LogP contribution in [-0.2, 0) is 33.3 Å². The molecule has 0 aliphatic carbocycles. The Morgan fingerprint density at radius 2 is 1.31 bits per heavy atom. The molecule has 0 radical (unpaired) electrons. The van der Waals surface area contributed by atoms with Crippen molar-refractivity contribution in [3.8, 4) is 0 Å². The number of carboxylic acid groups (broad SMARTS) is 1. The number of aliphatic hydroxyl groups excluding tert-OH is 9. The number of amides is 1. The van der Waals surface area contributed by atoms with E-state index >= 15 is 0 Å². The first-order chi connectivity index (χ1) is 33.5. The first-order valence-corrected chi connectivity index (χ1v) is 24.0. The molecule has 71 heavy (non-hydrogen) atoms. The predicted octanol–water partition coefficient (Wildman–Crippen LogP) is 1.67. The summed E-state index contributed by atoms with van der Waals surface area (Å²) in [6.07, 6.45) is 2.06. The molecule has 2 fully saturated rings. The first-order valence-electron chi connectivity index (χ1n) is 24.0. The molecule has 2 saturated heterocycles. The molecule has 0 aromatic heterocycles. The maximum atomic E-state index is 12.7. The molecule has 0 aromatic carbocycles. The van der Waals surface area contributed by atoms with Gasteiger partial charge in [0.25, 0.3) is 0 Å². The largest absolute Gasteiger partial charge is 0.481 e. The van der Waals surface area contributed by atoms with Crippen molar-refractivity contribution in [3.63, 3.8) is 0 Å². The van der Waals surface area contributed by atoms with Crippen LogP contribution in [0.4, 0.5) is 4.79 Å². The van der Waals surface area contributed by atoms with Gasteiger partial charge in [-0.05, 0) is 33.1 Å². The Balaban J connectivity index is 1.91. The van der Waals surface area contributed by atoms with E-state index in [0.717, 1.165) is 0 Å². The van der Waals surface area contributed by atoms with Gasteiger partial charge in [0.1, 0.15) is 30.8 Å². The summed E-state index contributed by atoms with van der Waals surface area (Å²) in [6, 6.07) is -1.36. The highest BCUT2D eigenvalue weighted by Gasteiger charge is 2.51. The summed E-state index contributed by atoms with van der Waals surface area (Å²) in [4.78, 5) is 37.7. The number of aliphatic hydroxyl groups is 10. The summed E-state index contributed by atoms with van der Waals surface area (Å²) in [7, 11) is 0. The second-order valence-corrected chi connectivity index (χ2v) is 18.5. The highest BCUT2D eigenvalue weighted by molar-refractivity contribution is 5.72. The quantitative estimate of drug-likeness (QED) is 0.133. The van der Waals surface area contributed by atoms with Gasteiger partial charge in [0.2, 0.25) is 0 Å². The molecule has 0 saturated carbocycles. The van der Waals surface area contributed by atoms with Crippen molar-refractivity contribution in [3.05, 3.63) is 97.7 Å². The Morgan fingerprint density at radius 3 is 1.90 bits per heavy atom. The Morgan fingerprint density at radius 1 is 0.718 bits per heavy atom. The Hall–Kier alpha value is -4.39. The molecular formula is C51H77NO19. The third-order valence-electron chi connectivity index (χ3n) is 12.6. The highest BCUT2D eigenvalue weighted by atomic mass is 16.7. The number of aliphatic carboxylic acids is 1. The van der Waals surface area contributed by atoms with Crippen molar-refractivity contribution in [1.29, 1.82) is 0 Å². The molecule has 20 heteroatoms. The van der Waals surface area contributed by atoms with E-state index in [1.165, 1.54) is 25.2 Å². The Kier molecular flexibility index (Phi) is 26.3. The monoisotopic (exact) mass is 1010 g/mol. The number of cyclic esters (lactones) is 1. The maximum absolute atomic E-state index is 12.7. The number of alkyl carbamates (subject to hydrolysis) is 1.